The van der Waals surface area contributed by atoms with Gasteiger partial charge < -0.3 is 24.8 Å². The van der Waals surface area contributed by atoms with Crippen molar-refractivity contribution in [3.05, 3.63) is 48.0 Å². The number of fused-ring (bicyclic) bond motifs is 1. The highest BCUT2D eigenvalue weighted by molar-refractivity contribution is 5.89. The highest BCUT2D eigenvalue weighted by Gasteiger charge is 2.13. The van der Waals surface area contributed by atoms with Gasteiger partial charge >= 0.3 is 6.03 Å². The molecule has 0 spiro atoms. The lowest BCUT2D eigenvalue weighted by Gasteiger charge is -2.09. The first kappa shape index (κ1) is 14.1. The van der Waals surface area contributed by atoms with Crippen molar-refractivity contribution in [2.24, 2.45) is 0 Å². The van der Waals surface area contributed by atoms with E-state index in [0.717, 1.165) is 11.3 Å². The molecule has 2 aromatic carbocycles. The summed E-state index contributed by atoms with van der Waals surface area (Å²) >= 11 is 0. The summed E-state index contributed by atoms with van der Waals surface area (Å²) in [5.41, 5.74) is 1.64. The van der Waals surface area contributed by atoms with Crippen molar-refractivity contribution in [1.82, 2.24) is 5.32 Å². The summed E-state index contributed by atoms with van der Waals surface area (Å²) in [5.74, 6) is 2.10. The molecular weight excluding hydrogens is 284 g/mol. The Kier molecular flexibility index (Phi) is 4.00. The minimum atomic E-state index is -0.283. The van der Waals surface area contributed by atoms with Gasteiger partial charge in [0.15, 0.2) is 11.5 Å². The molecule has 3 rings (SSSR count). The molecule has 2 aromatic rings. The van der Waals surface area contributed by atoms with Gasteiger partial charge in [-0.25, -0.2) is 4.79 Å². The van der Waals surface area contributed by atoms with E-state index < -0.39 is 0 Å². The Morgan fingerprint density at radius 3 is 2.68 bits per heavy atom. The third-order valence-corrected chi connectivity index (χ3v) is 3.24. The topological polar surface area (TPSA) is 68.8 Å². The number of hydrogen-bond donors (Lipinski definition) is 2. The van der Waals surface area contributed by atoms with E-state index in [4.69, 9.17) is 14.2 Å². The molecule has 22 heavy (non-hydrogen) atoms. The van der Waals surface area contributed by atoms with E-state index in [1.165, 1.54) is 0 Å². The first-order valence-electron chi connectivity index (χ1n) is 6.82. The van der Waals surface area contributed by atoms with E-state index in [2.05, 4.69) is 10.6 Å². The standard InChI is InChI=1S/C16H16N2O4/c1-20-13-5-2-11(3-6-13)9-17-16(19)18-12-4-7-14-15(8-12)22-10-21-14/h2-8H,9-10H2,1H3,(H2,17,18,19). The number of methoxy groups -OCH3 is 1. The Bertz CT molecular complexity index is 670. The molecule has 0 saturated carbocycles. The monoisotopic (exact) mass is 300 g/mol. The van der Waals surface area contributed by atoms with E-state index >= 15 is 0 Å². The quantitative estimate of drug-likeness (QED) is 0.911. The van der Waals surface area contributed by atoms with Crippen molar-refractivity contribution < 1.29 is 19.0 Å². The number of rotatable bonds is 4. The van der Waals surface area contributed by atoms with Crippen LogP contribution in [0.2, 0.25) is 0 Å². The predicted molar refractivity (Wildman–Crippen MR) is 81.4 cm³/mol. The third-order valence-electron chi connectivity index (χ3n) is 3.24. The van der Waals surface area contributed by atoms with Crippen LogP contribution in [0.3, 0.4) is 0 Å². The Hall–Kier alpha value is -2.89. The summed E-state index contributed by atoms with van der Waals surface area (Å²) in [5, 5.41) is 5.54. The van der Waals surface area contributed by atoms with Gasteiger partial charge in [0.05, 0.1) is 7.11 Å². The van der Waals surface area contributed by atoms with Gasteiger partial charge in [-0.3, -0.25) is 0 Å². The molecule has 6 heteroatoms. The molecule has 0 aromatic heterocycles. The van der Waals surface area contributed by atoms with Gasteiger partial charge in [0, 0.05) is 18.3 Å². The molecule has 1 aliphatic heterocycles. The summed E-state index contributed by atoms with van der Waals surface area (Å²) in [7, 11) is 1.62. The van der Waals surface area contributed by atoms with Gasteiger partial charge in [-0.2, -0.15) is 0 Å². The highest BCUT2D eigenvalue weighted by Crippen LogP contribution is 2.34. The normalized spacial score (nSPS) is 11.9. The molecule has 0 saturated heterocycles. The number of carbonyl (C=O) groups excluding carboxylic acids is 1. The third kappa shape index (κ3) is 3.22. The minimum absolute atomic E-state index is 0.211. The van der Waals surface area contributed by atoms with Gasteiger partial charge in [-0.05, 0) is 29.8 Å². The summed E-state index contributed by atoms with van der Waals surface area (Å²) in [4.78, 5) is 11.9. The van der Waals surface area contributed by atoms with Crippen LogP contribution in [0.5, 0.6) is 17.2 Å². The van der Waals surface area contributed by atoms with Crippen LogP contribution in [0, 0.1) is 0 Å². The summed E-state index contributed by atoms with van der Waals surface area (Å²) in [6.07, 6.45) is 0. The summed E-state index contributed by atoms with van der Waals surface area (Å²) in [6, 6.07) is 12.5. The number of ether oxygens (including phenoxy) is 3. The van der Waals surface area contributed by atoms with Gasteiger partial charge in [0.2, 0.25) is 6.79 Å². The molecule has 0 bridgehead atoms. The summed E-state index contributed by atoms with van der Waals surface area (Å²) < 4.78 is 15.6. The van der Waals surface area contributed by atoms with Crippen LogP contribution >= 0.6 is 0 Å². The molecule has 114 valence electrons. The first-order chi connectivity index (χ1) is 10.7. The number of benzene rings is 2. The fraction of sp³-hybridized carbons (Fsp3) is 0.188. The van der Waals surface area contributed by atoms with Gasteiger partial charge in [0.25, 0.3) is 0 Å². The van der Waals surface area contributed by atoms with E-state index in [0.29, 0.717) is 23.7 Å². The lowest BCUT2D eigenvalue weighted by molar-refractivity contribution is 0.174. The Morgan fingerprint density at radius 1 is 1.14 bits per heavy atom. The van der Waals surface area contributed by atoms with Crippen LogP contribution in [-0.2, 0) is 6.54 Å². The lowest BCUT2D eigenvalue weighted by Crippen LogP contribution is -2.28. The number of amides is 2. The fourth-order valence-corrected chi connectivity index (χ4v) is 2.08. The van der Waals surface area contributed by atoms with E-state index in [-0.39, 0.29) is 12.8 Å². The first-order valence-corrected chi connectivity index (χ1v) is 6.82. The SMILES string of the molecule is COc1ccc(CNC(=O)Nc2ccc3c(c2)OCO3)cc1. The molecule has 2 amide bonds. The van der Waals surface area contributed by atoms with Crippen LogP contribution < -0.4 is 24.8 Å². The van der Waals surface area contributed by atoms with Gasteiger partial charge in [0.1, 0.15) is 5.75 Å². The second-order valence-corrected chi connectivity index (χ2v) is 4.72. The van der Waals surface area contributed by atoms with Crippen molar-refractivity contribution >= 4 is 11.7 Å². The van der Waals surface area contributed by atoms with Crippen LogP contribution in [0.15, 0.2) is 42.5 Å². The second-order valence-electron chi connectivity index (χ2n) is 4.72. The van der Waals surface area contributed by atoms with Crippen LogP contribution in [0.25, 0.3) is 0 Å². The molecule has 0 radical (unpaired) electrons. The van der Waals surface area contributed by atoms with Crippen molar-refractivity contribution in [3.63, 3.8) is 0 Å². The predicted octanol–water partition coefficient (Wildman–Crippen LogP) is 2.75. The van der Waals surface area contributed by atoms with Crippen molar-refractivity contribution in [2.75, 3.05) is 19.2 Å². The average molecular weight is 300 g/mol. The second kappa shape index (κ2) is 6.26. The minimum Gasteiger partial charge on any atom is -0.497 e. The summed E-state index contributed by atoms with van der Waals surface area (Å²) in [6.45, 7) is 0.642. The molecule has 0 atom stereocenters. The maximum atomic E-state index is 11.9. The van der Waals surface area contributed by atoms with Crippen molar-refractivity contribution in [2.45, 2.75) is 6.54 Å². The Labute approximate surface area is 128 Å². The smallest absolute Gasteiger partial charge is 0.319 e. The van der Waals surface area contributed by atoms with E-state index in [1.54, 1.807) is 25.3 Å². The number of urea groups is 1. The number of carbonyl (C=O) groups is 1. The molecule has 1 aliphatic rings. The zero-order valence-electron chi connectivity index (χ0n) is 12.1. The Morgan fingerprint density at radius 2 is 1.91 bits per heavy atom. The zero-order valence-corrected chi connectivity index (χ0v) is 12.1. The maximum Gasteiger partial charge on any atom is 0.319 e. The van der Waals surface area contributed by atoms with Crippen LogP contribution in [0.1, 0.15) is 5.56 Å². The average Bonchev–Trinajstić information content (AvgIpc) is 3.01. The lowest BCUT2D eigenvalue weighted by atomic mass is 10.2. The highest BCUT2D eigenvalue weighted by atomic mass is 16.7. The molecule has 6 nitrogen and oxygen atoms in total. The maximum absolute atomic E-state index is 11.9. The number of anilines is 1. The number of hydrogen-bond acceptors (Lipinski definition) is 4. The molecule has 0 unspecified atom stereocenters. The fourth-order valence-electron chi connectivity index (χ4n) is 2.08. The van der Waals surface area contributed by atoms with E-state index in [9.17, 15) is 4.79 Å². The zero-order chi connectivity index (χ0) is 15.4. The molecular formula is C16H16N2O4. The molecule has 2 N–H and O–H groups in total. The van der Waals surface area contributed by atoms with Crippen LogP contribution in [-0.4, -0.2) is 19.9 Å². The largest absolute Gasteiger partial charge is 0.497 e. The molecule has 0 aliphatic carbocycles. The van der Waals surface area contributed by atoms with Crippen molar-refractivity contribution in [1.29, 1.82) is 0 Å². The van der Waals surface area contributed by atoms with Gasteiger partial charge in [-0.1, -0.05) is 12.1 Å². The Balaban J connectivity index is 1.53. The number of nitrogens with one attached hydrogen (secondary N) is 2. The van der Waals surface area contributed by atoms with E-state index in [1.807, 2.05) is 24.3 Å². The molecule has 1 heterocycles. The molecule has 0 fully saturated rings. The van der Waals surface area contributed by atoms with Crippen molar-refractivity contribution in [3.8, 4) is 17.2 Å². The van der Waals surface area contributed by atoms with Crippen LogP contribution in [0.4, 0.5) is 10.5 Å². The van der Waals surface area contributed by atoms with Gasteiger partial charge in [-0.15, -0.1) is 0 Å².